The monoisotopic (exact) mass is 902 g/mol. The van der Waals surface area contributed by atoms with E-state index in [9.17, 15) is 0 Å². The Morgan fingerprint density at radius 3 is 2.35 bits per heavy atom. The normalized spacial score (nSPS) is 17.7. The first-order chi connectivity index (χ1) is 27.2. The molecule has 0 saturated carbocycles. The smallest absolute Gasteiger partial charge is 0.503 e. The number of ether oxygens (including phenoxy) is 1. The summed E-state index contributed by atoms with van der Waals surface area (Å²) in [6.45, 7) is 13.5. The molecule has 3 aromatic heterocycles. The van der Waals surface area contributed by atoms with Gasteiger partial charge in [0.2, 0.25) is 0 Å². The maximum atomic E-state index is 8.66. The van der Waals surface area contributed by atoms with Crippen LogP contribution < -0.4 is 4.74 Å². The summed E-state index contributed by atoms with van der Waals surface area (Å²) in [7, 11) is 0. The molecule has 0 fully saturated rings. The van der Waals surface area contributed by atoms with Crippen LogP contribution in [-0.2, 0) is 38.3 Å². The molecule has 0 radical (unpaired) electrons. The zero-order chi connectivity index (χ0) is 39.8. The van der Waals surface area contributed by atoms with E-state index in [2.05, 4.69) is 114 Å². The van der Waals surface area contributed by atoms with E-state index in [-0.39, 0.29) is 31.9 Å². The minimum atomic E-state index is -2.33. The van der Waals surface area contributed by atoms with Crippen LogP contribution in [0.25, 0.3) is 55.4 Å². The number of pyridine rings is 1. The van der Waals surface area contributed by atoms with E-state index in [0.29, 0.717) is 34.3 Å². The Morgan fingerprint density at radius 2 is 1.58 bits per heavy atom. The predicted octanol–water partition coefficient (Wildman–Crippen LogP) is 12.2. The summed E-state index contributed by atoms with van der Waals surface area (Å²) in [5.41, 5.74) is 12.6. The molecule has 5 nitrogen and oxygen atoms in total. The molecule has 1 unspecified atom stereocenters. The number of hydrogen-bond acceptors (Lipinski definition) is 3. The summed E-state index contributed by atoms with van der Waals surface area (Å²) in [5, 5.41) is 7.01. The molecule has 1 aliphatic heterocycles. The molecule has 0 saturated heterocycles. The van der Waals surface area contributed by atoms with Crippen LogP contribution in [0.1, 0.15) is 97.9 Å². The van der Waals surface area contributed by atoms with Gasteiger partial charge in [0.1, 0.15) is 0 Å². The maximum Gasteiger partial charge on any atom is 2.00 e. The number of benzene rings is 5. The van der Waals surface area contributed by atoms with Gasteiger partial charge in [0.15, 0.2) is 0 Å². The van der Waals surface area contributed by atoms with Gasteiger partial charge in [0, 0.05) is 55.0 Å². The summed E-state index contributed by atoms with van der Waals surface area (Å²) in [6.07, 6.45) is 4.85. The number of rotatable bonds is 6. The number of nitrogens with zero attached hydrogens (tertiary/aromatic N) is 4. The third kappa shape index (κ3) is 5.01. The van der Waals surface area contributed by atoms with Crippen LogP contribution in [0.5, 0.6) is 11.5 Å². The average Bonchev–Trinajstić information content (AvgIpc) is 3.84. The summed E-state index contributed by atoms with van der Waals surface area (Å²) in [6, 6.07) is 35.6. The second-order valence-corrected chi connectivity index (χ2v) is 16.6. The molecular weight excluding hydrogens is 856 g/mol. The molecule has 6 heteroatoms. The van der Waals surface area contributed by atoms with Crippen molar-refractivity contribution in [3.63, 3.8) is 0 Å². The van der Waals surface area contributed by atoms with Crippen LogP contribution in [0.3, 0.4) is 0 Å². The largest absolute Gasteiger partial charge is 2.00 e. The van der Waals surface area contributed by atoms with E-state index in [1.54, 1.807) is 0 Å². The van der Waals surface area contributed by atoms with E-state index in [1.165, 1.54) is 22.3 Å². The van der Waals surface area contributed by atoms with Crippen LogP contribution >= 0.6 is 0 Å². The van der Waals surface area contributed by atoms with E-state index in [1.807, 2.05) is 53.3 Å². The van der Waals surface area contributed by atoms with Crippen LogP contribution in [0.15, 0.2) is 97.3 Å². The first kappa shape index (κ1) is 32.3. The van der Waals surface area contributed by atoms with Crippen LogP contribution in [0.2, 0.25) is 0 Å². The molecule has 0 N–H and O–H groups in total. The first-order valence-corrected chi connectivity index (χ1v) is 19.0. The number of hydrogen-bond donors (Lipinski definition) is 0. The van der Waals surface area contributed by atoms with Gasteiger partial charge in [0.05, 0.1) is 17.5 Å². The summed E-state index contributed by atoms with van der Waals surface area (Å²) < 4.78 is 36.6. The topological polar surface area (TPSA) is 44.3 Å². The standard InChI is InChI=1S/C49H44N4O.Pt/c1-28(2)36-17-12-18-37(29(3)4)43(36)32-26-50-52(27-32)33-14-11-15-34(23-33)54-35-20-21-39-40(24-35)47-51-44-38-16-10-9-13-31(38)25-49(8)46(44)53(47)45-41(48(49,6)7)22-19-30(5)42(39)45;/h9-22,26-29H,25H2,1-8H3;/q-2;+2/i5D3;. The molecule has 10 rings (SSSR count). The Hall–Kier alpha value is -4.99. The van der Waals surface area contributed by atoms with Crippen molar-refractivity contribution in [2.24, 2.45) is 0 Å². The molecule has 2 aliphatic rings. The molecule has 4 heterocycles. The van der Waals surface area contributed by atoms with Crippen molar-refractivity contribution < 1.29 is 29.9 Å². The van der Waals surface area contributed by atoms with Crippen LogP contribution in [0, 0.1) is 19.0 Å². The van der Waals surface area contributed by atoms with Crippen molar-refractivity contribution >= 4 is 27.3 Å². The number of aryl methyl sites for hydroxylation is 1. The van der Waals surface area contributed by atoms with Crippen molar-refractivity contribution in [2.75, 3.05) is 0 Å². The van der Waals surface area contributed by atoms with Gasteiger partial charge < -0.3 is 9.14 Å². The number of fused-ring (bicyclic) bond motifs is 5. The summed E-state index contributed by atoms with van der Waals surface area (Å²) in [5.74, 6) is 1.73. The second-order valence-electron chi connectivity index (χ2n) is 16.6. The number of imidazole rings is 1. The molecule has 0 bridgehead atoms. The van der Waals surface area contributed by atoms with E-state index in [0.717, 1.165) is 62.1 Å². The van der Waals surface area contributed by atoms with Crippen LogP contribution in [-0.4, -0.2) is 19.2 Å². The van der Waals surface area contributed by atoms with Gasteiger partial charge in [-0.1, -0.05) is 125 Å². The molecule has 1 atom stereocenters. The van der Waals surface area contributed by atoms with Gasteiger partial charge in [-0.3, -0.25) is 9.67 Å². The van der Waals surface area contributed by atoms with E-state index >= 15 is 0 Å². The molecule has 0 amide bonds. The quantitative estimate of drug-likeness (QED) is 0.123. The Kier molecular flexibility index (Phi) is 7.34. The fraction of sp³-hybridized carbons (Fsp3) is 0.265. The molecular formula is C49H44N4OPt. The third-order valence-corrected chi connectivity index (χ3v) is 12.5. The Bertz CT molecular complexity index is 2950. The van der Waals surface area contributed by atoms with Crippen molar-refractivity contribution in [1.29, 1.82) is 0 Å². The Labute approximate surface area is 341 Å². The van der Waals surface area contributed by atoms with Crippen LogP contribution in [0.4, 0.5) is 0 Å². The third-order valence-electron chi connectivity index (χ3n) is 12.5. The fourth-order valence-corrected chi connectivity index (χ4v) is 9.42. The minimum absolute atomic E-state index is 0. The van der Waals surface area contributed by atoms with E-state index in [4.69, 9.17) is 18.9 Å². The molecule has 1 aliphatic carbocycles. The van der Waals surface area contributed by atoms with Gasteiger partial charge in [-0.05, 0) is 64.0 Å². The van der Waals surface area contributed by atoms with Gasteiger partial charge in [-0.15, -0.1) is 30.3 Å². The minimum Gasteiger partial charge on any atom is -0.503 e. The second kappa shape index (κ2) is 12.5. The van der Waals surface area contributed by atoms with Crippen molar-refractivity contribution in [3.05, 3.63) is 143 Å². The fourth-order valence-electron chi connectivity index (χ4n) is 9.42. The Balaban J connectivity index is 0.00000436. The average molecular weight is 903 g/mol. The number of aromatic nitrogens is 4. The zero-order valence-electron chi connectivity index (χ0n) is 35.1. The van der Waals surface area contributed by atoms with E-state index < -0.39 is 6.85 Å². The molecule has 0 spiro atoms. The van der Waals surface area contributed by atoms with Gasteiger partial charge in [-0.2, -0.15) is 11.2 Å². The van der Waals surface area contributed by atoms with Crippen molar-refractivity contribution in [3.8, 4) is 39.6 Å². The van der Waals surface area contributed by atoms with Crippen molar-refractivity contribution in [1.82, 2.24) is 19.2 Å². The molecule has 55 heavy (non-hydrogen) atoms. The van der Waals surface area contributed by atoms with Gasteiger partial charge >= 0.3 is 21.1 Å². The molecule has 8 aromatic rings. The zero-order valence-corrected chi connectivity index (χ0v) is 34.4. The SMILES string of the molecule is [2H]C([2H])([2H])c1ccc2c3c1c1ccc(Oc4[c-]c(-n5cc(-c6c(C(C)C)cccc6C(C)C)cn5)ccc4)[c-]c1c1nc4c(n13)C(C)(Cc1ccccc1-4)C2(C)C.[Pt+2]. The maximum absolute atomic E-state index is 8.66. The predicted molar refractivity (Wildman–Crippen MR) is 219 cm³/mol. The Morgan fingerprint density at radius 1 is 0.836 bits per heavy atom. The van der Waals surface area contributed by atoms with Gasteiger partial charge in [-0.25, -0.2) is 0 Å². The summed E-state index contributed by atoms with van der Waals surface area (Å²) >= 11 is 0. The molecule has 5 aromatic carbocycles. The van der Waals surface area contributed by atoms with Crippen molar-refractivity contribution in [2.45, 2.75) is 84.4 Å². The first-order valence-electron chi connectivity index (χ1n) is 20.5. The van der Waals surface area contributed by atoms with Gasteiger partial charge in [0.25, 0.3) is 0 Å². The molecule has 276 valence electrons. The summed E-state index contributed by atoms with van der Waals surface area (Å²) in [4.78, 5) is 5.44.